The van der Waals surface area contributed by atoms with Gasteiger partial charge in [-0.25, -0.2) is 18.4 Å². The molecular formula is C19H18N6O3S. The van der Waals surface area contributed by atoms with Gasteiger partial charge in [0.25, 0.3) is 0 Å². The molecule has 4 rings (SSSR count). The molecule has 3 heterocycles. The summed E-state index contributed by atoms with van der Waals surface area (Å²) in [5, 5.41) is 13.8. The van der Waals surface area contributed by atoms with E-state index in [1.54, 1.807) is 30.5 Å². The van der Waals surface area contributed by atoms with Crippen molar-refractivity contribution in [3.63, 3.8) is 0 Å². The van der Waals surface area contributed by atoms with Crippen molar-refractivity contribution in [2.45, 2.75) is 17.7 Å². The zero-order valence-electron chi connectivity index (χ0n) is 15.5. The number of aromatic nitrogens is 4. The van der Waals surface area contributed by atoms with Gasteiger partial charge in [0.2, 0.25) is 0 Å². The summed E-state index contributed by atoms with van der Waals surface area (Å²) in [6, 6.07) is 8.10. The summed E-state index contributed by atoms with van der Waals surface area (Å²) in [6.45, 7) is 0. The first-order chi connectivity index (χ1) is 13.9. The number of nitrogens with zero attached hydrogens (tertiary/aromatic N) is 4. The van der Waals surface area contributed by atoms with E-state index in [2.05, 4.69) is 30.8 Å². The molecule has 1 fully saturated rings. The molecule has 1 aliphatic carbocycles. The molecule has 2 N–H and O–H groups in total. The number of nitrogens with one attached hydrogen (secondary N) is 2. The molecule has 0 radical (unpaired) electrons. The molecule has 0 saturated heterocycles. The van der Waals surface area contributed by atoms with E-state index in [1.807, 2.05) is 0 Å². The van der Waals surface area contributed by atoms with Gasteiger partial charge in [-0.15, -0.1) is 5.10 Å². The molecule has 148 valence electrons. The predicted octanol–water partition coefficient (Wildman–Crippen LogP) is 2.75. The van der Waals surface area contributed by atoms with E-state index >= 15 is 0 Å². The fourth-order valence-corrected chi connectivity index (χ4v) is 3.58. The van der Waals surface area contributed by atoms with Gasteiger partial charge in [0.15, 0.2) is 21.4 Å². The van der Waals surface area contributed by atoms with Gasteiger partial charge in [0, 0.05) is 36.8 Å². The Labute approximate surface area is 167 Å². The molecule has 1 aliphatic rings. The lowest BCUT2D eigenvalue weighted by molar-refractivity contribution is 0.0968. The van der Waals surface area contributed by atoms with Crippen LogP contribution < -0.4 is 10.6 Å². The SMILES string of the molecule is CS(=O)(=O)c1cccnc1Nc1cc(Nc2cccnn2)ncc1C(=O)C1CC1. The molecule has 0 aliphatic heterocycles. The van der Waals surface area contributed by atoms with Gasteiger partial charge in [-0.1, -0.05) is 0 Å². The Balaban J connectivity index is 1.73. The van der Waals surface area contributed by atoms with Crippen molar-refractivity contribution in [2.24, 2.45) is 5.92 Å². The second kappa shape index (κ2) is 7.55. The lowest BCUT2D eigenvalue weighted by Gasteiger charge is -2.14. The van der Waals surface area contributed by atoms with E-state index in [9.17, 15) is 13.2 Å². The number of rotatable bonds is 7. The molecular weight excluding hydrogens is 392 g/mol. The maximum absolute atomic E-state index is 12.7. The number of sulfone groups is 1. The van der Waals surface area contributed by atoms with E-state index < -0.39 is 9.84 Å². The van der Waals surface area contributed by atoms with Gasteiger partial charge in [0.05, 0.1) is 11.3 Å². The minimum Gasteiger partial charge on any atom is -0.338 e. The van der Waals surface area contributed by atoms with Crippen LogP contribution in [0.3, 0.4) is 0 Å². The molecule has 0 bridgehead atoms. The van der Waals surface area contributed by atoms with Crippen LogP contribution in [0.15, 0.2) is 53.8 Å². The van der Waals surface area contributed by atoms with Crippen LogP contribution in [0.2, 0.25) is 0 Å². The molecule has 9 nitrogen and oxygen atoms in total. The van der Waals surface area contributed by atoms with E-state index in [0.717, 1.165) is 19.1 Å². The Kier molecular flexibility index (Phi) is 4.93. The summed E-state index contributed by atoms with van der Waals surface area (Å²) >= 11 is 0. The standard InChI is InChI=1S/C19H18N6O3S/c1-29(27,28)15-4-2-8-20-19(15)23-14-10-17(24-16-5-3-9-22-25-16)21-11-13(14)18(26)12-6-7-12/h2-5,8-12H,6-7H2,1H3,(H2,20,21,23,24,25). The third-order valence-corrected chi connectivity index (χ3v) is 5.50. The monoisotopic (exact) mass is 410 g/mol. The van der Waals surface area contributed by atoms with Crippen molar-refractivity contribution in [1.82, 2.24) is 20.2 Å². The fourth-order valence-electron chi connectivity index (χ4n) is 2.80. The van der Waals surface area contributed by atoms with Crippen LogP contribution in [-0.4, -0.2) is 40.6 Å². The lowest BCUT2D eigenvalue weighted by atomic mass is 10.1. The van der Waals surface area contributed by atoms with Gasteiger partial charge >= 0.3 is 0 Å². The average molecular weight is 410 g/mol. The van der Waals surface area contributed by atoms with E-state index in [-0.39, 0.29) is 22.4 Å². The fraction of sp³-hybridized carbons (Fsp3) is 0.211. The first-order valence-electron chi connectivity index (χ1n) is 8.93. The molecule has 3 aromatic heterocycles. The highest BCUT2D eigenvalue weighted by atomic mass is 32.2. The molecule has 0 unspecified atom stereocenters. The minimum atomic E-state index is -3.51. The Morgan fingerprint density at radius 3 is 2.55 bits per heavy atom. The molecule has 0 spiro atoms. The molecule has 0 atom stereocenters. The summed E-state index contributed by atoms with van der Waals surface area (Å²) in [5.74, 6) is 1.02. The lowest BCUT2D eigenvalue weighted by Crippen LogP contribution is -2.10. The summed E-state index contributed by atoms with van der Waals surface area (Å²) in [5.41, 5.74) is 0.814. The molecule has 1 saturated carbocycles. The summed E-state index contributed by atoms with van der Waals surface area (Å²) in [4.78, 5) is 21.2. The van der Waals surface area contributed by atoms with Crippen LogP contribution >= 0.6 is 0 Å². The van der Waals surface area contributed by atoms with Gasteiger partial charge < -0.3 is 10.6 Å². The number of carbonyl (C=O) groups excluding carboxylic acids is 1. The summed E-state index contributed by atoms with van der Waals surface area (Å²) < 4.78 is 24.2. The number of ketones is 1. The molecule has 0 amide bonds. The first kappa shape index (κ1) is 18.9. The highest BCUT2D eigenvalue weighted by Gasteiger charge is 2.32. The third-order valence-electron chi connectivity index (χ3n) is 4.37. The quantitative estimate of drug-likeness (QED) is 0.565. The zero-order valence-corrected chi connectivity index (χ0v) is 16.3. The summed E-state index contributed by atoms with van der Waals surface area (Å²) in [6.07, 6.45) is 7.31. The van der Waals surface area contributed by atoms with E-state index in [1.165, 1.54) is 18.5 Å². The maximum atomic E-state index is 12.7. The average Bonchev–Trinajstić information content (AvgIpc) is 3.53. The van der Waals surface area contributed by atoms with Crippen molar-refractivity contribution in [2.75, 3.05) is 16.9 Å². The van der Waals surface area contributed by atoms with Crippen molar-refractivity contribution >= 4 is 38.8 Å². The third kappa shape index (κ3) is 4.37. The Morgan fingerprint density at radius 2 is 1.86 bits per heavy atom. The zero-order chi connectivity index (χ0) is 20.4. The predicted molar refractivity (Wildman–Crippen MR) is 107 cm³/mol. The minimum absolute atomic E-state index is 0.0192. The van der Waals surface area contributed by atoms with Crippen LogP contribution in [0.4, 0.5) is 23.1 Å². The number of pyridine rings is 2. The second-order valence-corrected chi connectivity index (χ2v) is 8.72. The van der Waals surface area contributed by atoms with Crippen LogP contribution in [0, 0.1) is 5.92 Å². The van der Waals surface area contributed by atoms with Crippen molar-refractivity contribution < 1.29 is 13.2 Å². The van der Waals surface area contributed by atoms with Gasteiger partial charge in [-0.05, 0) is 37.1 Å². The van der Waals surface area contributed by atoms with Gasteiger partial charge in [-0.2, -0.15) is 5.10 Å². The van der Waals surface area contributed by atoms with Crippen molar-refractivity contribution in [1.29, 1.82) is 0 Å². The van der Waals surface area contributed by atoms with Crippen LogP contribution in [0.1, 0.15) is 23.2 Å². The Bertz CT molecular complexity index is 1160. The highest BCUT2D eigenvalue weighted by molar-refractivity contribution is 7.90. The van der Waals surface area contributed by atoms with Crippen LogP contribution in [0.5, 0.6) is 0 Å². The second-order valence-electron chi connectivity index (χ2n) is 6.73. The smallest absolute Gasteiger partial charge is 0.179 e. The van der Waals surface area contributed by atoms with Crippen LogP contribution in [0.25, 0.3) is 0 Å². The van der Waals surface area contributed by atoms with Gasteiger partial charge in [0.1, 0.15) is 16.5 Å². The van der Waals surface area contributed by atoms with Crippen LogP contribution in [-0.2, 0) is 9.84 Å². The maximum Gasteiger partial charge on any atom is 0.179 e. The van der Waals surface area contributed by atoms with Crippen molar-refractivity contribution in [3.8, 4) is 0 Å². The van der Waals surface area contributed by atoms with Crippen molar-refractivity contribution in [3.05, 3.63) is 54.5 Å². The van der Waals surface area contributed by atoms with Gasteiger partial charge in [-0.3, -0.25) is 4.79 Å². The number of carbonyl (C=O) groups is 1. The van der Waals surface area contributed by atoms with E-state index in [4.69, 9.17) is 0 Å². The molecule has 3 aromatic rings. The summed E-state index contributed by atoms with van der Waals surface area (Å²) in [7, 11) is -3.51. The number of hydrogen-bond acceptors (Lipinski definition) is 9. The molecule has 29 heavy (non-hydrogen) atoms. The normalized spacial score (nSPS) is 13.7. The highest BCUT2D eigenvalue weighted by Crippen LogP contribution is 2.36. The van der Waals surface area contributed by atoms with E-state index in [0.29, 0.717) is 22.9 Å². The number of hydrogen-bond donors (Lipinski definition) is 2. The number of anilines is 4. The Morgan fingerprint density at radius 1 is 1.07 bits per heavy atom. The molecule has 10 heteroatoms. The Hall–Kier alpha value is -3.40. The number of Topliss-reactive ketones (excluding diaryl/α,β-unsaturated/α-hetero) is 1. The molecule has 0 aromatic carbocycles. The largest absolute Gasteiger partial charge is 0.338 e. The topological polar surface area (TPSA) is 127 Å². The first-order valence-corrected chi connectivity index (χ1v) is 10.8.